The van der Waals surface area contributed by atoms with Gasteiger partial charge in [0.25, 0.3) is 11.5 Å². The van der Waals surface area contributed by atoms with Crippen molar-refractivity contribution in [1.29, 1.82) is 0 Å². The van der Waals surface area contributed by atoms with E-state index in [0.29, 0.717) is 60.6 Å². The predicted octanol–water partition coefficient (Wildman–Crippen LogP) is 4.88. The quantitative estimate of drug-likeness (QED) is 0.215. The smallest absolute Gasteiger partial charge is 0.438 e. The Kier molecular flexibility index (Phi) is 8.63. The summed E-state index contributed by atoms with van der Waals surface area (Å²) in [5.74, 6) is -1.42. The van der Waals surface area contributed by atoms with Crippen molar-refractivity contribution in [1.82, 2.24) is 29.2 Å². The number of carbonyl (C=O) groups is 3. The summed E-state index contributed by atoms with van der Waals surface area (Å²) in [4.78, 5) is 80.4. The molecule has 0 bridgehead atoms. The maximum Gasteiger partial charge on any atom is 0.438 e. The number of fused-ring (bicyclic) bond motifs is 2. The highest BCUT2D eigenvalue weighted by atomic mass is 16.5. The van der Waals surface area contributed by atoms with Crippen LogP contribution in [0.25, 0.3) is 16.6 Å². The van der Waals surface area contributed by atoms with Crippen LogP contribution in [0.3, 0.4) is 0 Å². The van der Waals surface area contributed by atoms with Crippen molar-refractivity contribution >= 4 is 40.4 Å². The molecule has 3 aliphatic heterocycles. The Morgan fingerprint density at radius 1 is 0.898 bits per heavy atom. The average Bonchev–Trinajstić information content (AvgIpc) is 3.58. The first-order chi connectivity index (χ1) is 28.6. The second-order valence-corrected chi connectivity index (χ2v) is 15.8. The molecule has 3 amide bonds. The van der Waals surface area contributed by atoms with Crippen LogP contribution in [0.5, 0.6) is 0 Å². The van der Waals surface area contributed by atoms with Gasteiger partial charge in [-0.2, -0.15) is 0 Å². The fourth-order valence-electron chi connectivity index (χ4n) is 9.25. The number of nitrogens with one attached hydrogen (secondary N) is 1. The minimum Gasteiger partial charge on any atom is -0.478 e. The molecule has 0 unspecified atom stereocenters. The Bertz CT molecular complexity index is 2800. The topological polar surface area (TPSA) is 189 Å². The molecule has 3 aromatic heterocycles. The van der Waals surface area contributed by atoms with Crippen LogP contribution in [-0.4, -0.2) is 85.0 Å². The molecule has 16 heteroatoms. The van der Waals surface area contributed by atoms with Gasteiger partial charge in [0.15, 0.2) is 5.82 Å². The van der Waals surface area contributed by atoms with Gasteiger partial charge in [-0.3, -0.25) is 28.9 Å². The number of aromatic nitrogens is 5. The van der Waals surface area contributed by atoms with E-state index in [1.807, 2.05) is 54.0 Å². The second-order valence-electron chi connectivity index (χ2n) is 15.8. The Morgan fingerprint density at radius 2 is 1.66 bits per heavy atom. The fraction of sp³-hybridized carbons (Fsp3) is 0.326. The van der Waals surface area contributed by atoms with E-state index in [4.69, 9.17) is 14.2 Å². The van der Waals surface area contributed by atoms with Gasteiger partial charge in [0.2, 0.25) is 5.95 Å². The van der Waals surface area contributed by atoms with Gasteiger partial charge in [-0.15, -0.1) is 0 Å². The number of carboxylic acids is 1. The monoisotopic (exact) mass is 796 g/mol. The minimum atomic E-state index is -1.16. The SMILES string of the molecule is C[C@@H]1C[C@@]1(c1noc(=O)[nH]1)n1c(C(=O)N2CCc3c(nc(N4CCN(c5ccccc5)C4=O)n(-c4cccc(C(=O)O)c4)c3=O)C2)cc2cc(C3CCOCC3)ccc21. The van der Waals surface area contributed by atoms with E-state index in [9.17, 15) is 24.3 Å². The number of urea groups is 1. The van der Waals surface area contributed by atoms with Gasteiger partial charge >= 0.3 is 17.8 Å². The molecule has 0 radical (unpaired) electrons. The van der Waals surface area contributed by atoms with E-state index in [1.165, 1.54) is 27.2 Å². The molecule has 3 fully saturated rings. The number of hydrogen-bond acceptors (Lipinski definition) is 9. The summed E-state index contributed by atoms with van der Waals surface area (Å²) in [5.41, 5.74) is 2.73. The molecule has 2 N–H and O–H groups in total. The van der Waals surface area contributed by atoms with E-state index >= 15 is 4.79 Å². The van der Waals surface area contributed by atoms with Gasteiger partial charge in [-0.05, 0) is 91.6 Å². The van der Waals surface area contributed by atoms with Crippen molar-refractivity contribution in [3.8, 4) is 5.69 Å². The molecule has 3 aromatic carbocycles. The third-order valence-electron chi connectivity index (χ3n) is 12.4. The minimum absolute atomic E-state index is 0.0124. The summed E-state index contributed by atoms with van der Waals surface area (Å²) in [5, 5.41) is 14.8. The van der Waals surface area contributed by atoms with Gasteiger partial charge in [0, 0.05) is 55.0 Å². The summed E-state index contributed by atoms with van der Waals surface area (Å²) >= 11 is 0. The number of amides is 3. The number of hydrogen-bond donors (Lipinski definition) is 2. The first-order valence-electron chi connectivity index (χ1n) is 19.8. The van der Waals surface area contributed by atoms with E-state index in [2.05, 4.69) is 22.3 Å². The second kappa shape index (κ2) is 13.9. The molecule has 6 heterocycles. The first-order valence-corrected chi connectivity index (χ1v) is 19.8. The van der Waals surface area contributed by atoms with E-state index in [0.717, 1.165) is 23.7 Å². The number of H-pyrrole nitrogens is 1. The number of carbonyl (C=O) groups excluding carboxylic acids is 2. The van der Waals surface area contributed by atoms with E-state index < -0.39 is 28.9 Å². The van der Waals surface area contributed by atoms with Crippen molar-refractivity contribution < 1.29 is 28.8 Å². The predicted molar refractivity (Wildman–Crippen MR) is 214 cm³/mol. The average molecular weight is 797 g/mol. The molecule has 1 saturated carbocycles. The molecule has 300 valence electrons. The van der Waals surface area contributed by atoms with E-state index in [-0.39, 0.29) is 55.1 Å². The highest BCUT2D eigenvalue weighted by Crippen LogP contribution is 2.56. The molecule has 1 aliphatic carbocycles. The molecule has 6 aromatic rings. The number of nitrogens with zero attached hydrogens (tertiary/aromatic N) is 7. The molecular formula is C43H40N8O8. The van der Waals surface area contributed by atoms with Crippen LogP contribution in [-0.2, 0) is 23.2 Å². The lowest BCUT2D eigenvalue weighted by Gasteiger charge is -2.31. The zero-order valence-corrected chi connectivity index (χ0v) is 32.2. The van der Waals surface area contributed by atoms with Crippen molar-refractivity contribution in [3.05, 3.63) is 134 Å². The van der Waals surface area contributed by atoms with Crippen LogP contribution < -0.4 is 21.1 Å². The van der Waals surface area contributed by atoms with Gasteiger partial charge in [-0.1, -0.05) is 42.4 Å². The third-order valence-corrected chi connectivity index (χ3v) is 12.4. The van der Waals surface area contributed by atoms with Crippen LogP contribution >= 0.6 is 0 Å². The van der Waals surface area contributed by atoms with Crippen LogP contribution in [0.2, 0.25) is 0 Å². The number of anilines is 2. The third kappa shape index (κ3) is 5.96. The summed E-state index contributed by atoms with van der Waals surface area (Å²) in [6.07, 6.45) is 2.59. The Labute approximate surface area is 336 Å². The van der Waals surface area contributed by atoms with Crippen LogP contribution in [0.1, 0.15) is 75.6 Å². The molecule has 10 rings (SSSR count). The molecule has 4 aliphatic rings. The maximum absolute atomic E-state index is 15.0. The highest BCUT2D eigenvalue weighted by molar-refractivity contribution is 6.05. The standard InChI is InChI=1S/C43H40N8O8/c1-25-23-43(25,39-45-41(56)59-46-39)51-34-11-10-27(26-13-18-58-19-14-26)20-29(34)22-35(51)37(53)47-15-12-32-33(24-47)44-40(49-17-16-48(42(49)57)30-7-3-2-4-8-30)50(36(32)52)31-9-5-6-28(21-31)38(54)55/h2-11,20-22,25-26H,12-19,23-24H2,1H3,(H,54,55)(H,45,46,56)/t25-,43-/m1/s1. The molecule has 2 atom stereocenters. The number of aromatic carboxylic acids is 1. The number of carboxylic acid groups (broad SMARTS) is 1. The summed E-state index contributed by atoms with van der Waals surface area (Å²) < 4.78 is 13.9. The van der Waals surface area contributed by atoms with Crippen molar-refractivity contribution in [3.63, 3.8) is 0 Å². The summed E-state index contributed by atoms with van der Waals surface area (Å²) in [6, 6.07) is 22.9. The molecule has 0 spiro atoms. The Balaban J connectivity index is 1.07. The number of rotatable bonds is 8. The molecule has 2 saturated heterocycles. The van der Waals surface area contributed by atoms with Gasteiger partial charge in [0.05, 0.1) is 23.5 Å². The van der Waals surface area contributed by atoms with Gasteiger partial charge in [-0.25, -0.2) is 23.9 Å². The normalized spacial score (nSPS) is 20.7. The number of ether oxygens (including phenoxy) is 1. The van der Waals surface area contributed by atoms with E-state index in [1.54, 1.807) is 21.9 Å². The largest absolute Gasteiger partial charge is 0.478 e. The lowest BCUT2D eigenvalue weighted by molar-refractivity contribution is 0.0694. The molecule has 16 nitrogen and oxygen atoms in total. The maximum atomic E-state index is 15.0. The number of benzene rings is 3. The van der Waals surface area contributed by atoms with Crippen molar-refractivity contribution in [2.24, 2.45) is 5.92 Å². The lowest BCUT2D eigenvalue weighted by atomic mass is 9.91. The first kappa shape index (κ1) is 36.5. The zero-order valence-electron chi connectivity index (χ0n) is 32.2. The Hall–Kier alpha value is -6.81. The van der Waals surface area contributed by atoms with Crippen molar-refractivity contribution in [2.75, 3.05) is 42.6 Å². The molecular weight excluding hydrogens is 757 g/mol. The van der Waals surface area contributed by atoms with Crippen LogP contribution in [0.15, 0.2) is 93.0 Å². The van der Waals surface area contributed by atoms with Gasteiger partial charge < -0.3 is 19.3 Å². The highest BCUT2D eigenvalue weighted by Gasteiger charge is 2.59. The Morgan fingerprint density at radius 3 is 2.39 bits per heavy atom. The van der Waals surface area contributed by atoms with Crippen LogP contribution in [0.4, 0.5) is 16.4 Å². The lowest BCUT2D eigenvalue weighted by Crippen LogP contribution is -2.43. The fourth-order valence-corrected chi connectivity index (χ4v) is 9.25. The number of para-hydroxylation sites is 1. The summed E-state index contributed by atoms with van der Waals surface area (Å²) in [6.45, 7) is 4.14. The van der Waals surface area contributed by atoms with Gasteiger partial charge in [0.1, 0.15) is 11.2 Å². The van der Waals surface area contributed by atoms with Crippen LogP contribution in [0, 0.1) is 5.92 Å². The van der Waals surface area contributed by atoms with Crippen molar-refractivity contribution in [2.45, 2.75) is 50.6 Å². The molecule has 59 heavy (non-hydrogen) atoms. The number of aromatic amines is 1. The zero-order chi connectivity index (χ0) is 40.6. The summed E-state index contributed by atoms with van der Waals surface area (Å²) in [7, 11) is 0.